The number of para-hydroxylation sites is 1. The van der Waals surface area contributed by atoms with Gasteiger partial charge in [0.1, 0.15) is 0 Å². The molecule has 31 heavy (non-hydrogen) atoms. The Balaban J connectivity index is 1.30. The van der Waals surface area contributed by atoms with E-state index in [9.17, 15) is 14.4 Å². The Morgan fingerprint density at radius 1 is 1.03 bits per heavy atom. The number of nitrogens with one attached hydrogen (secondary N) is 1. The van der Waals surface area contributed by atoms with Crippen LogP contribution >= 0.6 is 0 Å². The first kappa shape index (κ1) is 19.1. The molecular formula is C24H21N3O4. The molecule has 0 aliphatic carbocycles. The van der Waals surface area contributed by atoms with Crippen molar-refractivity contribution in [1.29, 1.82) is 0 Å². The highest BCUT2D eigenvalue weighted by Gasteiger charge is 2.35. The summed E-state index contributed by atoms with van der Waals surface area (Å²) in [6.07, 6.45) is 2.40. The Kier molecular flexibility index (Phi) is 4.78. The lowest BCUT2D eigenvalue weighted by Crippen LogP contribution is -2.29. The normalized spacial score (nSPS) is 17.7. The van der Waals surface area contributed by atoms with Gasteiger partial charge in [-0.15, -0.1) is 0 Å². The van der Waals surface area contributed by atoms with E-state index in [1.54, 1.807) is 21.9 Å². The van der Waals surface area contributed by atoms with Crippen LogP contribution in [0.5, 0.6) is 0 Å². The average molecular weight is 415 g/mol. The molecule has 2 aromatic carbocycles. The van der Waals surface area contributed by atoms with Crippen LogP contribution in [0.25, 0.3) is 0 Å². The number of hydrogen-bond donors (Lipinski definition) is 1. The minimum atomic E-state index is -0.429. The molecule has 1 unspecified atom stereocenters. The number of hydrogen-bond acceptors (Lipinski definition) is 4. The van der Waals surface area contributed by atoms with E-state index in [0.29, 0.717) is 18.8 Å². The van der Waals surface area contributed by atoms with Gasteiger partial charge in [0.05, 0.1) is 12.2 Å². The van der Waals surface area contributed by atoms with Gasteiger partial charge in [-0.1, -0.05) is 24.3 Å². The Labute approximate surface area is 179 Å². The van der Waals surface area contributed by atoms with Gasteiger partial charge in [-0.2, -0.15) is 0 Å². The van der Waals surface area contributed by atoms with Crippen LogP contribution in [0.1, 0.15) is 22.5 Å². The maximum absolute atomic E-state index is 12.9. The summed E-state index contributed by atoms with van der Waals surface area (Å²) in [6, 6.07) is 18.3. The van der Waals surface area contributed by atoms with Crippen molar-refractivity contribution in [3.8, 4) is 0 Å². The number of benzene rings is 2. The van der Waals surface area contributed by atoms with Crippen molar-refractivity contribution in [2.45, 2.75) is 12.8 Å². The zero-order chi connectivity index (χ0) is 21.4. The molecule has 0 spiro atoms. The van der Waals surface area contributed by atoms with Crippen molar-refractivity contribution in [3.05, 3.63) is 78.3 Å². The second-order valence-corrected chi connectivity index (χ2v) is 7.76. The van der Waals surface area contributed by atoms with Gasteiger partial charge >= 0.3 is 0 Å². The summed E-state index contributed by atoms with van der Waals surface area (Å²) in [4.78, 5) is 41.3. The van der Waals surface area contributed by atoms with Gasteiger partial charge in [-0.05, 0) is 48.4 Å². The van der Waals surface area contributed by atoms with E-state index >= 15 is 0 Å². The van der Waals surface area contributed by atoms with Crippen LogP contribution < -0.4 is 15.1 Å². The number of rotatable bonds is 4. The first-order valence-corrected chi connectivity index (χ1v) is 10.2. The van der Waals surface area contributed by atoms with Crippen LogP contribution in [-0.2, 0) is 16.0 Å². The SMILES string of the molecule is O=C(Nc1ccc2c(c1)N(C(=O)c1ccco1)CC2)C1CC(=O)N(c2ccccc2)C1. The van der Waals surface area contributed by atoms with Crippen molar-refractivity contribution in [3.63, 3.8) is 0 Å². The maximum atomic E-state index is 12.9. The number of amides is 3. The monoisotopic (exact) mass is 415 g/mol. The maximum Gasteiger partial charge on any atom is 0.293 e. The Hall–Kier alpha value is -3.87. The van der Waals surface area contributed by atoms with Crippen LogP contribution in [0.2, 0.25) is 0 Å². The van der Waals surface area contributed by atoms with E-state index in [1.165, 1.54) is 6.26 Å². The second kappa shape index (κ2) is 7.75. The molecule has 1 fully saturated rings. The van der Waals surface area contributed by atoms with E-state index in [-0.39, 0.29) is 29.9 Å². The first-order valence-electron chi connectivity index (χ1n) is 10.2. The highest BCUT2D eigenvalue weighted by atomic mass is 16.3. The third-order valence-electron chi connectivity index (χ3n) is 5.79. The molecule has 3 amide bonds. The third-order valence-corrected chi connectivity index (χ3v) is 5.79. The van der Waals surface area contributed by atoms with Crippen LogP contribution in [0, 0.1) is 5.92 Å². The van der Waals surface area contributed by atoms with Gasteiger partial charge in [0.25, 0.3) is 5.91 Å². The van der Waals surface area contributed by atoms with Crippen molar-refractivity contribution >= 4 is 34.8 Å². The summed E-state index contributed by atoms with van der Waals surface area (Å²) in [5.74, 6) is -0.606. The third kappa shape index (κ3) is 3.59. The number of carbonyl (C=O) groups excluding carboxylic acids is 3. The average Bonchev–Trinajstić information content (AvgIpc) is 3.53. The van der Waals surface area contributed by atoms with Crippen LogP contribution in [0.15, 0.2) is 71.3 Å². The number of anilines is 3. The molecule has 3 heterocycles. The molecule has 5 rings (SSSR count). The highest BCUT2D eigenvalue weighted by Crippen LogP contribution is 2.33. The minimum absolute atomic E-state index is 0.0597. The van der Waals surface area contributed by atoms with E-state index in [1.807, 2.05) is 48.5 Å². The summed E-state index contributed by atoms with van der Waals surface area (Å²) in [7, 11) is 0. The highest BCUT2D eigenvalue weighted by molar-refractivity contribution is 6.07. The van der Waals surface area contributed by atoms with E-state index < -0.39 is 5.92 Å². The summed E-state index contributed by atoms with van der Waals surface area (Å²) in [6.45, 7) is 0.915. The van der Waals surface area contributed by atoms with Crippen molar-refractivity contribution in [2.24, 2.45) is 5.92 Å². The minimum Gasteiger partial charge on any atom is -0.459 e. The Morgan fingerprint density at radius 2 is 1.87 bits per heavy atom. The summed E-state index contributed by atoms with van der Waals surface area (Å²) < 4.78 is 5.24. The molecule has 2 aliphatic rings. The zero-order valence-electron chi connectivity index (χ0n) is 16.8. The topological polar surface area (TPSA) is 82.9 Å². The molecule has 0 saturated carbocycles. The van der Waals surface area contributed by atoms with Crippen molar-refractivity contribution in [1.82, 2.24) is 0 Å². The fourth-order valence-electron chi connectivity index (χ4n) is 4.19. The summed E-state index contributed by atoms with van der Waals surface area (Å²) in [5.41, 5.74) is 3.22. The predicted molar refractivity (Wildman–Crippen MR) is 116 cm³/mol. The van der Waals surface area contributed by atoms with Crippen molar-refractivity contribution in [2.75, 3.05) is 28.2 Å². The lowest BCUT2D eigenvalue weighted by Gasteiger charge is -2.18. The molecule has 0 bridgehead atoms. The Bertz CT molecular complexity index is 1140. The van der Waals surface area contributed by atoms with Crippen LogP contribution in [-0.4, -0.2) is 30.8 Å². The molecule has 1 saturated heterocycles. The van der Waals surface area contributed by atoms with Gasteiger partial charge in [-0.25, -0.2) is 0 Å². The van der Waals surface area contributed by atoms with Crippen LogP contribution in [0.3, 0.4) is 0 Å². The molecule has 1 N–H and O–H groups in total. The van der Waals surface area contributed by atoms with Gasteiger partial charge in [0.2, 0.25) is 11.8 Å². The molecule has 3 aromatic rings. The molecule has 7 heteroatoms. The zero-order valence-corrected chi connectivity index (χ0v) is 16.8. The fraction of sp³-hybridized carbons (Fsp3) is 0.208. The summed E-state index contributed by atoms with van der Waals surface area (Å²) >= 11 is 0. The van der Waals surface area contributed by atoms with Crippen molar-refractivity contribution < 1.29 is 18.8 Å². The van der Waals surface area contributed by atoms with Gasteiger partial charge in [0, 0.05) is 36.6 Å². The smallest absolute Gasteiger partial charge is 0.293 e. The number of fused-ring (bicyclic) bond motifs is 1. The number of furan rings is 1. The predicted octanol–water partition coefficient (Wildman–Crippen LogP) is 3.47. The molecule has 0 radical (unpaired) electrons. The van der Waals surface area contributed by atoms with Gasteiger partial charge < -0.3 is 19.5 Å². The van der Waals surface area contributed by atoms with Gasteiger partial charge in [-0.3, -0.25) is 14.4 Å². The number of nitrogens with zero attached hydrogens (tertiary/aromatic N) is 2. The van der Waals surface area contributed by atoms with E-state index in [0.717, 1.165) is 23.4 Å². The molecule has 156 valence electrons. The Morgan fingerprint density at radius 3 is 2.65 bits per heavy atom. The molecule has 1 aromatic heterocycles. The molecule has 7 nitrogen and oxygen atoms in total. The second-order valence-electron chi connectivity index (χ2n) is 7.76. The largest absolute Gasteiger partial charge is 0.459 e. The lowest BCUT2D eigenvalue weighted by molar-refractivity contribution is -0.122. The standard InChI is InChI=1S/C24H21N3O4/c28-22-13-17(15-27(22)19-5-2-1-3-6-19)23(29)25-18-9-8-16-10-11-26(20(16)14-18)24(30)21-7-4-12-31-21/h1-9,12,14,17H,10-11,13,15H2,(H,25,29). The summed E-state index contributed by atoms with van der Waals surface area (Å²) in [5, 5.41) is 2.92. The van der Waals surface area contributed by atoms with Gasteiger partial charge in [0.15, 0.2) is 5.76 Å². The lowest BCUT2D eigenvalue weighted by atomic mass is 10.1. The molecule has 2 aliphatic heterocycles. The van der Waals surface area contributed by atoms with Crippen LogP contribution in [0.4, 0.5) is 17.1 Å². The number of carbonyl (C=O) groups is 3. The van der Waals surface area contributed by atoms with E-state index in [2.05, 4.69) is 5.32 Å². The fourth-order valence-corrected chi connectivity index (χ4v) is 4.19. The first-order chi connectivity index (χ1) is 15.1. The quantitative estimate of drug-likeness (QED) is 0.707. The molecule has 1 atom stereocenters. The van der Waals surface area contributed by atoms with E-state index in [4.69, 9.17) is 4.42 Å². The molecular weight excluding hydrogens is 394 g/mol.